The van der Waals surface area contributed by atoms with Crippen molar-refractivity contribution in [3.8, 4) is 17.0 Å². The van der Waals surface area contributed by atoms with Crippen LogP contribution < -0.4 is 10.1 Å². The number of rotatable bonds is 7. The molecule has 0 spiro atoms. The summed E-state index contributed by atoms with van der Waals surface area (Å²) in [7, 11) is 1.63. The van der Waals surface area contributed by atoms with Gasteiger partial charge in [0.25, 0.3) is 5.69 Å². The van der Waals surface area contributed by atoms with E-state index in [0.29, 0.717) is 12.1 Å². The van der Waals surface area contributed by atoms with Crippen molar-refractivity contribution >= 4 is 28.2 Å². The zero-order chi connectivity index (χ0) is 21.8. The molecule has 0 atom stereocenters. The summed E-state index contributed by atoms with van der Waals surface area (Å²) in [6.07, 6.45) is 0.826. The van der Waals surface area contributed by atoms with E-state index in [9.17, 15) is 14.9 Å². The van der Waals surface area contributed by atoms with Crippen LogP contribution in [-0.2, 0) is 11.2 Å². The number of fused-ring (bicyclic) bond motifs is 1. The Morgan fingerprint density at radius 2 is 1.74 bits per heavy atom. The third-order valence-electron chi connectivity index (χ3n) is 5.16. The number of carbonyl (C=O) groups excluding carboxylic acids is 1. The number of non-ortho nitro benzene ring substituents is 1. The number of nitrogens with zero attached hydrogens (tertiary/aromatic N) is 1. The summed E-state index contributed by atoms with van der Waals surface area (Å²) >= 11 is 0. The van der Waals surface area contributed by atoms with Crippen LogP contribution in [0.25, 0.3) is 22.2 Å². The molecule has 1 amide bonds. The van der Waals surface area contributed by atoms with Gasteiger partial charge in [-0.2, -0.15) is 0 Å². The van der Waals surface area contributed by atoms with Gasteiger partial charge in [-0.3, -0.25) is 14.9 Å². The number of hydrogen-bond acceptors (Lipinski definition) is 4. The molecular formula is C24H21N3O4. The van der Waals surface area contributed by atoms with Crippen LogP contribution >= 0.6 is 0 Å². The first-order chi connectivity index (χ1) is 15.0. The molecule has 7 nitrogen and oxygen atoms in total. The van der Waals surface area contributed by atoms with Crippen molar-refractivity contribution in [1.82, 2.24) is 4.98 Å². The minimum absolute atomic E-state index is 0.0130. The van der Waals surface area contributed by atoms with Crippen molar-refractivity contribution in [2.24, 2.45) is 0 Å². The summed E-state index contributed by atoms with van der Waals surface area (Å²) in [4.78, 5) is 26.3. The summed E-state index contributed by atoms with van der Waals surface area (Å²) in [5.74, 6) is 0.628. The molecule has 4 rings (SSSR count). The second-order valence-electron chi connectivity index (χ2n) is 7.10. The van der Waals surface area contributed by atoms with E-state index >= 15 is 0 Å². The lowest BCUT2D eigenvalue weighted by Gasteiger charge is -2.08. The van der Waals surface area contributed by atoms with E-state index in [1.54, 1.807) is 7.11 Å². The summed E-state index contributed by atoms with van der Waals surface area (Å²) < 4.78 is 5.25. The average molecular weight is 415 g/mol. The van der Waals surface area contributed by atoms with Crippen LogP contribution in [0.1, 0.15) is 12.0 Å². The van der Waals surface area contributed by atoms with Gasteiger partial charge in [-0.15, -0.1) is 0 Å². The fourth-order valence-electron chi connectivity index (χ4n) is 3.59. The first-order valence-electron chi connectivity index (χ1n) is 9.83. The van der Waals surface area contributed by atoms with Crippen LogP contribution in [0.3, 0.4) is 0 Å². The maximum absolute atomic E-state index is 12.5. The number of anilines is 1. The van der Waals surface area contributed by atoms with Crippen LogP contribution in [0.5, 0.6) is 5.75 Å². The first-order valence-corrected chi connectivity index (χ1v) is 9.83. The zero-order valence-electron chi connectivity index (χ0n) is 16.9. The number of para-hydroxylation sites is 1. The minimum Gasteiger partial charge on any atom is -0.497 e. The van der Waals surface area contributed by atoms with Gasteiger partial charge in [0.1, 0.15) is 5.75 Å². The Morgan fingerprint density at radius 3 is 2.42 bits per heavy atom. The van der Waals surface area contributed by atoms with E-state index in [1.807, 2.05) is 48.5 Å². The molecule has 7 heteroatoms. The van der Waals surface area contributed by atoms with Crippen LogP contribution in [-0.4, -0.2) is 22.9 Å². The number of hydrogen-bond donors (Lipinski definition) is 2. The molecule has 31 heavy (non-hydrogen) atoms. The van der Waals surface area contributed by atoms with Gasteiger partial charge in [0.05, 0.1) is 12.0 Å². The van der Waals surface area contributed by atoms with Crippen molar-refractivity contribution in [2.45, 2.75) is 12.8 Å². The first kappa shape index (κ1) is 20.2. The van der Waals surface area contributed by atoms with Crippen molar-refractivity contribution in [2.75, 3.05) is 12.4 Å². The largest absolute Gasteiger partial charge is 0.497 e. The van der Waals surface area contributed by atoms with Gasteiger partial charge in [-0.1, -0.05) is 18.2 Å². The fraction of sp³-hybridized carbons (Fsp3) is 0.125. The smallest absolute Gasteiger partial charge is 0.269 e. The topological polar surface area (TPSA) is 97.3 Å². The molecule has 0 saturated carbocycles. The molecule has 0 aliphatic rings. The third-order valence-corrected chi connectivity index (χ3v) is 5.16. The highest BCUT2D eigenvalue weighted by Crippen LogP contribution is 2.32. The molecule has 2 N–H and O–H groups in total. The second kappa shape index (κ2) is 8.71. The summed E-state index contributed by atoms with van der Waals surface area (Å²) in [5, 5.41) is 14.7. The Bertz CT molecular complexity index is 1230. The second-order valence-corrected chi connectivity index (χ2v) is 7.10. The maximum Gasteiger partial charge on any atom is 0.269 e. The molecule has 0 aliphatic carbocycles. The highest BCUT2D eigenvalue weighted by molar-refractivity contribution is 5.94. The molecule has 1 heterocycles. The number of methoxy groups -OCH3 is 1. The number of nitro benzene ring substituents is 1. The number of H-pyrrole nitrogens is 1. The van der Waals surface area contributed by atoms with Crippen molar-refractivity contribution in [3.05, 3.63) is 88.5 Å². The standard InChI is InChI=1S/C24H21N3O4/c1-31-19-12-6-16(7-13-19)24-21(20-4-2-3-5-22(20)26-24)14-15-23(28)25-17-8-10-18(11-9-17)27(29)30/h2-13,26H,14-15H2,1H3,(H,25,28). The number of aryl methyl sites for hydroxylation is 1. The Kier molecular flexibility index (Phi) is 5.66. The molecule has 4 aromatic rings. The van der Waals surface area contributed by atoms with Crippen LogP contribution in [0.4, 0.5) is 11.4 Å². The third kappa shape index (κ3) is 4.40. The number of aromatic nitrogens is 1. The van der Waals surface area contributed by atoms with E-state index in [4.69, 9.17) is 4.74 Å². The summed E-state index contributed by atoms with van der Waals surface area (Å²) in [6, 6.07) is 21.6. The highest BCUT2D eigenvalue weighted by Gasteiger charge is 2.15. The van der Waals surface area contributed by atoms with Crippen molar-refractivity contribution in [3.63, 3.8) is 0 Å². The van der Waals surface area contributed by atoms with Crippen LogP contribution in [0.15, 0.2) is 72.8 Å². The van der Waals surface area contributed by atoms with E-state index < -0.39 is 4.92 Å². The lowest BCUT2D eigenvalue weighted by molar-refractivity contribution is -0.384. The van der Waals surface area contributed by atoms with E-state index in [2.05, 4.69) is 10.3 Å². The predicted molar refractivity (Wildman–Crippen MR) is 120 cm³/mol. The Labute approximate surface area is 178 Å². The monoisotopic (exact) mass is 415 g/mol. The van der Waals surface area contributed by atoms with Crippen LogP contribution in [0, 0.1) is 10.1 Å². The quantitative estimate of drug-likeness (QED) is 0.315. The molecule has 1 aromatic heterocycles. The maximum atomic E-state index is 12.5. The highest BCUT2D eigenvalue weighted by atomic mass is 16.6. The number of nitrogens with one attached hydrogen (secondary N) is 2. The predicted octanol–water partition coefficient (Wildman–Crippen LogP) is 5.32. The van der Waals surface area contributed by atoms with Gasteiger partial charge in [0.2, 0.25) is 5.91 Å². The molecule has 0 fully saturated rings. The van der Waals surface area contributed by atoms with Gasteiger partial charge in [-0.05, 0) is 60.0 Å². The lowest BCUT2D eigenvalue weighted by atomic mass is 10.0. The van der Waals surface area contributed by atoms with Gasteiger partial charge in [0, 0.05) is 40.8 Å². The van der Waals surface area contributed by atoms with Crippen molar-refractivity contribution < 1.29 is 14.5 Å². The molecule has 0 bridgehead atoms. The number of amides is 1. The van der Waals surface area contributed by atoms with Gasteiger partial charge >= 0.3 is 0 Å². The molecular weight excluding hydrogens is 394 g/mol. The van der Waals surface area contributed by atoms with Crippen LogP contribution in [0.2, 0.25) is 0 Å². The Balaban J connectivity index is 1.54. The normalized spacial score (nSPS) is 10.7. The van der Waals surface area contributed by atoms with Gasteiger partial charge < -0.3 is 15.0 Å². The molecule has 0 saturated heterocycles. The van der Waals surface area contributed by atoms with E-state index in [1.165, 1.54) is 24.3 Å². The lowest BCUT2D eigenvalue weighted by Crippen LogP contribution is -2.12. The Hall–Kier alpha value is -4.13. The molecule has 0 radical (unpaired) electrons. The summed E-state index contributed by atoms with van der Waals surface area (Å²) in [6.45, 7) is 0. The van der Waals surface area contributed by atoms with Crippen molar-refractivity contribution in [1.29, 1.82) is 0 Å². The Morgan fingerprint density at radius 1 is 1.03 bits per heavy atom. The summed E-state index contributed by atoms with van der Waals surface area (Å²) in [5.41, 5.74) is 4.60. The molecule has 3 aromatic carbocycles. The molecule has 0 unspecified atom stereocenters. The average Bonchev–Trinajstić information content (AvgIpc) is 3.16. The van der Waals surface area contributed by atoms with Gasteiger partial charge in [-0.25, -0.2) is 0 Å². The SMILES string of the molecule is COc1ccc(-c2[nH]c3ccccc3c2CCC(=O)Nc2ccc([N+](=O)[O-])cc2)cc1. The van der Waals surface area contributed by atoms with E-state index in [0.717, 1.165) is 33.5 Å². The molecule has 156 valence electrons. The number of nitro groups is 1. The molecule has 0 aliphatic heterocycles. The zero-order valence-corrected chi connectivity index (χ0v) is 16.9. The fourth-order valence-corrected chi connectivity index (χ4v) is 3.59. The number of benzene rings is 3. The van der Waals surface area contributed by atoms with Gasteiger partial charge in [0.15, 0.2) is 0 Å². The number of aromatic amines is 1. The number of ether oxygens (including phenoxy) is 1. The minimum atomic E-state index is -0.469. The van der Waals surface area contributed by atoms with E-state index in [-0.39, 0.29) is 18.0 Å². The number of carbonyl (C=O) groups is 1.